The normalized spacial score (nSPS) is 17.1. The Morgan fingerprint density at radius 3 is 2.77 bits per heavy atom. The van der Waals surface area contributed by atoms with E-state index < -0.39 is 0 Å². The number of hydrogen-bond donors (Lipinski definition) is 1. The van der Waals surface area contributed by atoms with Crippen molar-refractivity contribution in [3.8, 4) is 11.5 Å². The number of amides is 1. The Labute approximate surface area is 162 Å². The third kappa shape index (κ3) is 4.19. The first-order valence-electron chi connectivity index (χ1n) is 8.62. The summed E-state index contributed by atoms with van der Waals surface area (Å²) in [6.07, 6.45) is 2.06. The van der Waals surface area contributed by atoms with Crippen LogP contribution in [0, 0.1) is 0 Å². The Hall–Kier alpha value is -2.05. The molecule has 5 nitrogen and oxygen atoms in total. The van der Waals surface area contributed by atoms with Gasteiger partial charge in [0.1, 0.15) is 11.5 Å². The van der Waals surface area contributed by atoms with E-state index in [1.165, 1.54) is 0 Å². The van der Waals surface area contributed by atoms with Gasteiger partial charge in [0.15, 0.2) is 0 Å². The maximum Gasteiger partial charge on any atom is 0.238 e. The van der Waals surface area contributed by atoms with Crippen LogP contribution in [0.3, 0.4) is 0 Å². The Morgan fingerprint density at radius 1 is 1.23 bits per heavy atom. The first kappa shape index (κ1) is 18.7. The maximum absolute atomic E-state index is 12.5. The predicted molar refractivity (Wildman–Crippen MR) is 106 cm³/mol. The van der Waals surface area contributed by atoms with E-state index in [1.54, 1.807) is 14.2 Å². The van der Waals surface area contributed by atoms with E-state index >= 15 is 0 Å². The Balaban J connectivity index is 1.72. The fraction of sp³-hybridized carbons (Fsp3) is 0.350. The number of hydrogen-bond acceptors (Lipinski definition) is 4. The van der Waals surface area contributed by atoms with Crippen molar-refractivity contribution in [1.29, 1.82) is 0 Å². The molecule has 138 valence electrons. The number of anilines is 1. The number of para-hydroxylation sites is 1. The lowest BCUT2D eigenvalue weighted by Gasteiger charge is -2.26. The van der Waals surface area contributed by atoms with Crippen LogP contribution in [0.15, 0.2) is 46.9 Å². The second-order valence-corrected chi connectivity index (χ2v) is 7.12. The SMILES string of the molecule is COc1ccc([C@H]2CCCN2CC(=O)Nc2ccccc2Br)c(OC)c1. The van der Waals surface area contributed by atoms with Gasteiger partial charge in [0.2, 0.25) is 5.91 Å². The van der Waals surface area contributed by atoms with Crippen molar-refractivity contribution in [3.05, 3.63) is 52.5 Å². The molecule has 1 heterocycles. The van der Waals surface area contributed by atoms with Gasteiger partial charge in [0.25, 0.3) is 0 Å². The summed E-state index contributed by atoms with van der Waals surface area (Å²) in [6.45, 7) is 1.24. The summed E-state index contributed by atoms with van der Waals surface area (Å²) >= 11 is 3.46. The van der Waals surface area contributed by atoms with Crippen molar-refractivity contribution in [2.75, 3.05) is 32.6 Å². The van der Waals surface area contributed by atoms with Gasteiger partial charge in [-0.05, 0) is 53.5 Å². The zero-order valence-corrected chi connectivity index (χ0v) is 16.6. The highest BCUT2D eigenvalue weighted by Gasteiger charge is 2.30. The van der Waals surface area contributed by atoms with E-state index in [-0.39, 0.29) is 11.9 Å². The van der Waals surface area contributed by atoms with Gasteiger partial charge in [-0.2, -0.15) is 0 Å². The molecular formula is C20H23BrN2O3. The molecule has 1 fully saturated rings. The number of methoxy groups -OCH3 is 2. The largest absolute Gasteiger partial charge is 0.497 e. The molecule has 0 aliphatic carbocycles. The average molecular weight is 419 g/mol. The van der Waals surface area contributed by atoms with Gasteiger partial charge in [-0.1, -0.05) is 18.2 Å². The smallest absolute Gasteiger partial charge is 0.238 e. The summed E-state index contributed by atoms with van der Waals surface area (Å²) in [4.78, 5) is 14.7. The Kier molecular flexibility index (Phi) is 6.16. The molecule has 26 heavy (non-hydrogen) atoms. The van der Waals surface area contributed by atoms with Gasteiger partial charge in [0, 0.05) is 22.1 Å². The highest BCUT2D eigenvalue weighted by molar-refractivity contribution is 9.10. The number of nitrogens with zero attached hydrogens (tertiary/aromatic N) is 1. The molecule has 1 N–H and O–H groups in total. The molecule has 1 saturated heterocycles. The third-order valence-corrected chi connectivity index (χ3v) is 5.35. The number of benzene rings is 2. The Bertz CT molecular complexity index is 781. The molecule has 1 aliphatic heterocycles. The van der Waals surface area contributed by atoms with Crippen LogP contribution in [0.5, 0.6) is 11.5 Å². The molecule has 0 radical (unpaired) electrons. The molecule has 2 aromatic rings. The number of likely N-dealkylation sites (tertiary alicyclic amines) is 1. The summed E-state index contributed by atoms with van der Waals surface area (Å²) < 4.78 is 11.7. The van der Waals surface area contributed by atoms with Gasteiger partial charge in [-0.15, -0.1) is 0 Å². The standard InChI is InChI=1S/C20H23BrN2O3/c1-25-14-9-10-15(19(12-14)26-2)18-8-5-11-23(18)13-20(24)22-17-7-4-3-6-16(17)21/h3-4,6-7,9-10,12,18H,5,8,11,13H2,1-2H3,(H,22,24)/t18-/m1/s1. The molecule has 0 saturated carbocycles. The lowest BCUT2D eigenvalue weighted by atomic mass is 10.0. The van der Waals surface area contributed by atoms with Gasteiger partial charge in [0.05, 0.1) is 26.5 Å². The fourth-order valence-corrected chi connectivity index (χ4v) is 3.78. The van der Waals surface area contributed by atoms with E-state index in [2.05, 4.69) is 26.1 Å². The molecule has 0 spiro atoms. The van der Waals surface area contributed by atoms with Crippen LogP contribution in [0.2, 0.25) is 0 Å². The first-order valence-corrected chi connectivity index (χ1v) is 9.42. The predicted octanol–water partition coefficient (Wildman–Crippen LogP) is 4.24. The van der Waals surface area contributed by atoms with Gasteiger partial charge >= 0.3 is 0 Å². The van der Waals surface area contributed by atoms with Crippen molar-refractivity contribution < 1.29 is 14.3 Å². The molecule has 0 unspecified atom stereocenters. The van der Waals surface area contributed by atoms with Gasteiger partial charge in [-0.3, -0.25) is 9.69 Å². The summed E-state index contributed by atoms with van der Waals surface area (Å²) in [5, 5.41) is 2.98. The van der Waals surface area contributed by atoms with Gasteiger partial charge in [-0.25, -0.2) is 0 Å². The highest BCUT2D eigenvalue weighted by Crippen LogP contribution is 2.38. The number of nitrogens with one attached hydrogen (secondary N) is 1. The van der Waals surface area contributed by atoms with Crippen LogP contribution in [-0.4, -0.2) is 38.1 Å². The van der Waals surface area contributed by atoms with E-state index in [9.17, 15) is 4.79 Å². The second kappa shape index (κ2) is 8.56. The van der Waals surface area contributed by atoms with E-state index in [0.29, 0.717) is 6.54 Å². The number of carbonyl (C=O) groups is 1. The molecule has 1 aliphatic rings. The van der Waals surface area contributed by atoms with Crippen molar-refractivity contribution in [2.45, 2.75) is 18.9 Å². The number of rotatable bonds is 6. The summed E-state index contributed by atoms with van der Waals surface area (Å²) in [5.74, 6) is 1.55. The monoisotopic (exact) mass is 418 g/mol. The lowest BCUT2D eigenvalue weighted by molar-refractivity contribution is -0.117. The number of ether oxygens (including phenoxy) is 2. The third-order valence-electron chi connectivity index (χ3n) is 4.66. The minimum Gasteiger partial charge on any atom is -0.497 e. The summed E-state index contributed by atoms with van der Waals surface area (Å²) in [6, 6.07) is 13.7. The van der Waals surface area contributed by atoms with Crippen molar-refractivity contribution in [1.82, 2.24) is 4.90 Å². The summed E-state index contributed by atoms with van der Waals surface area (Å²) in [5.41, 5.74) is 1.88. The molecule has 3 rings (SSSR count). The topological polar surface area (TPSA) is 50.8 Å². The van der Waals surface area contributed by atoms with Crippen molar-refractivity contribution in [2.24, 2.45) is 0 Å². The van der Waals surface area contributed by atoms with E-state index in [1.807, 2.05) is 42.5 Å². The van der Waals surface area contributed by atoms with Crippen LogP contribution < -0.4 is 14.8 Å². The second-order valence-electron chi connectivity index (χ2n) is 6.26. The van der Waals surface area contributed by atoms with Crippen LogP contribution >= 0.6 is 15.9 Å². The molecule has 0 aromatic heterocycles. The molecule has 2 aromatic carbocycles. The minimum atomic E-state index is -0.0173. The summed E-state index contributed by atoms with van der Waals surface area (Å²) in [7, 11) is 3.31. The first-order chi connectivity index (χ1) is 12.6. The maximum atomic E-state index is 12.5. The lowest BCUT2D eigenvalue weighted by Crippen LogP contribution is -2.33. The van der Waals surface area contributed by atoms with Crippen LogP contribution in [0.1, 0.15) is 24.4 Å². The average Bonchev–Trinajstić information content (AvgIpc) is 3.10. The van der Waals surface area contributed by atoms with Crippen LogP contribution in [-0.2, 0) is 4.79 Å². The molecule has 0 bridgehead atoms. The molecule has 1 amide bonds. The van der Waals surface area contributed by atoms with E-state index in [0.717, 1.165) is 46.6 Å². The van der Waals surface area contributed by atoms with Crippen LogP contribution in [0.25, 0.3) is 0 Å². The van der Waals surface area contributed by atoms with Crippen molar-refractivity contribution in [3.63, 3.8) is 0 Å². The zero-order chi connectivity index (χ0) is 18.5. The highest BCUT2D eigenvalue weighted by atomic mass is 79.9. The van der Waals surface area contributed by atoms with Gasteiger partial charge < -0.3 is 14.8 Å². The number of halogens is 1. The van der Waals surface area contributed by atoms with E-state index in [4.69, 9.17) is 9.47 Å². The minimum absolute atomic E-state index is 0.0173. The fourth-order valence-electron chi connectivity index (χ4n) is 3.40. The number of carbonyl (C=O) groups excluding carboxylic acids is 1. The quantitative estimate of drug-likeness (QED) is 0.761. The zero-order valence-electron chi connectivity index (χ0n) is 15.0. The molecule has 1 atom stereocenters. The Morgan fingerprint density at radius 2 is 2.04 bits per heavy atom. The molecule has 6 heteroatoms. The molecular weight excluding hydrogens is 396 g/mol. The van der Waals surface area contributed by atoms with Crippen LogP contribution in [0.4, 0.5) is 5.69 Å². The van der Waals surface area contributed by atoms with Crippen molar-refractivity contribution >= 4 is 27.5 Å².